The van der Waals surface area contributed by atoms with Crippen molar-refractivity contribution in [3.05, 3.63) is 48.8 Å². The molecule has 2 aromatic rings. The molecule has 0 aliphatic carbocycles. The molecule has 5 nitrogen and oxygen atoms in total. The van der Waals surface area contributed by atoms with Gasteiger partial charge >= 0.3 is 0 Å². The summed E-state index contributed by atoms with van der Waals surface area (Å²) in [6.07, 6.45) is 6.21. The minimum atomic E-state index is 0.299. The molecule has 5 heteroatoms. The average Bonchev–Trinajstić information content (AvgIpc) is 2.63. The zero-order valence-corrected chi connectivity index (χ0v) is 13.2. The molecule has 0 bridgehead atoms. The van der Waals surface area contributed by atoms with Gasteiger partial charge in [-0.25, -0.2) is 9.97 Å². The van der Waals surface area contributed by atoms with Crippen LogP contribution < -0.4 is 9.64 Å². The standard InChI is InChI=1S/C18H22N4O/c1-2-5-16(6-3-1)23-17-8-7-15-13-22(12-11-21(15)14-17)18-19-9-4-10-20-18/h1-6,9-10,15,17H,7-8,11-14H2/t15-,17+/m0/s1. The predicted octanol–water partition coefficient (Wildman–Crippen LogP) is 2.21. The molecular formula is C18H22N4O. The van der Waals surface area contributed by atoms with Gasteiger partial charge in [0.15, 0.2) is 0 Å². The Kier molecular flexibility index (Phi) is 4.11. The summed E-state index contributed by atoms with van der Waals surface area (Å²) in [5.74, 6) is 1.84. The molecule has 0 N–H and O–H groups in total. The van der Waals surface area contributed by atoms with Crippen LogP contribution in [0, 0.1) is 0 Å². The molecule has 1 aromatic heterocycles. The number of anilines is 1. The van der Waals surface area contributed by atoms with Crippen LogP contribution in [0.4, 0.5) is 5.95 Å². The smallest absolute Gasteiger partial charge is 0.225 e. The van der Waals surface area contributed by atoms with Gasteiger partial charge in [0.05, 0.1) is 0 Å². The number of hydrogen-bond donors (Lipinski definition) is 0. The number of aromatic nitrogens is 2. The van der Waals surface area contributed by atoms with Crippen LogP contribution in [0.3, 0.4) is 0 Å². The van der Waals surface area contributed by atoms with Gasteiger partial charge in [-0.1, -0.05) is 18.2 Å². The van der Waals surface area contributed by atoms with Crippen LogP contribution in [0.2, 0.25) is 0 Å². The van der Waals surface area contributed by atoms with Gasteiger partial charge in [0.2, 0.25) is 5.95 Å². The van der Waals surface area contributed by atoms with Crippen molar-refractivity contribution in [2.75, 3.05) is 31.1 Å². The molecule has 2 aliphatic rings. The lowest BCUT2D eigenvalue weighted by Gasteiger charge is -2.46. The second-order valence-corrected chi connectivity index (χ2v) is 6.27. The summed E-state index contributed by atoms with van der Waals surface area (Å²) < 4.78 is 6.14. The van der Waals surface area contributed by atoms with Gasteiger partial charge in [-0.2, -0.15) is 0 Å². The molecular weight excluding hydrogens is 288 g/mol. The molecule has 2 aliphatic heterocycles. The predicted molar refractivity (Wildman–Crippen MR) is 89.7 cm³/mol. The number of piperidine rings is 1. The monoisotopic (exact) mass is 310 g/mol. The Labute approximate surface area is 136 Å². The first kappa shape index (κ1) is 14.5. The zero-order valence-electron chi connectivity index (χ0n) is 13.2. The lowest BCUT2D eigenvalue weighted by Crippen LogP contribution is -2.58. The van der Waals surface area contributed by atoms with Crippen LogP contribution in [-0.2, 0) is 0 Å². The molecule has 3 heterocycles. The van der Waals surface area contributed by atoms with Crippen LogP contribution in [0.15, 0.2) is 48.8 Å². The minimum Gasteiger partial charge on any atom is -0.489 e. The van der Waals surface area contributed by atoms with Crippen molar-refractivity contribution in [2.24, 2.45) is 0 Å². The van der Waals surface area contributed by atoms with Crippen molar-refractivity contribution in [1.29, 1.82) is 0 Å². The van der Waals surface area contributed by atoms with E-state index in [-0.39, 0.29) is 0 Å². The second kappa shape index (κ2) is 6.54. The van der Waals surface area contributed by atoms with E-state index in [9.17, 15) is 0 Å². The molecule has 23 heavy (non-hydrogen) atoms. The molecule has 2 atom stereocenters. The molecule has 0 unspecified atom stereocenters. The summed E-state index contributed by atoms with van der Waals surface area (Å²) >= 11 is 0. The fourth-order valence-electron chi connectivity index (χ4n) is 3.56. The van der Waals surface area contributed by atoms with Crippen LogP contribution >= 0.6 is 0 Å². The Morgan fingerprint density at radius 2 is 1.74 bits per heavy atom. The van der Waals surface area contributed by atoms with Crippen molar-refractivity contribution in [3.63, 3.8) is 0 Å². The fraction of sp³-hybridized carbons (Fsp3) is 0.444. The number of benzene rings is 1. The number of rotatable bonds is 3. The van der Waals surface area contributed by atoms with Crippen molar-refractivity contribution in [1.82, 2.24) is 14.9 Å². The lowest BCUT2D eigenvalue weighted by atomic mass is 9.97. The van der Waals surface area contributed by atoms with Gasteiger partial charge in [0.1, 0.15) is 11.9 Å². The molecule has 2 fully saturated rings. The third-order valence-electron chi connectivity index (χ3n) is 4.75. The molecule has 0 radical (unpaired) electrons. The van der Waals surface area contributed by atoms with E-state index in [1.807, 2.05) is 48.8 Å². The second-order valence-electron chi connectivity index (χ2n) is 6.27. The van der Waals surface area contributed by atoms with Crippen LogP contribution in [-0.4, -0.2) is 53.2 Å². The van der Waals surface area contributed by atoms with E-state index in [0.29, 0.717) is 12.1 Å². The number of para-hydroxylation sites is 1. The van der Waals surface area contributed by atoms with E-state index < -0.39 is 0 Å². The number of piperazine rings is 1. The van der Waals surface area contributed by atoms with Gasteiger partial charge in [0.25, 0.3) is 0 Å². The SMILES string of the molecule is c1ccc(O[C@@H]2CC[C@H]3CN(c4ncccn4)CCN3C2)cc1. The molecule has 1 aromatic carbocycles. The first-order chi connectivity index (χ1) is 11.4. The topological polar surface area (TPSA) is 41.5 Å². The van der Waals surface area contributed by atoms with Gasteiger partial charge < -0.3 is 9.64 Å². The van der Waals surface area contributed by atoms with Crippen LogP contribution in [0.25, 0.3) is 0 Å². The maximum Gasteiger partial charge on any atom is 0.225 e. The molecule has 2 saturated heterocycles. The number of nitrogens with zero attached hydrogens (tertiary/aromatic N) is 4. The Bertz CT molecular complexity index is 621. The number of fused-ring (bicyclic) bond motifs is 1. The van der Waals surface area contributed by atoms with Crippen LogP contribution in [0.5, 0.6) is 5.75 Å². The molecule has 0 saturated carbocycles. The maximum atomic E-state index is 6.14. The van der Waals surface area contributed by atoms with Gasteiger partial charge in [-0.05, 0) is 31.0 Å². The highest BCUT2D eigenvalue weighted by atomic mass is 16.5. The summed E-state index contributed by atoms with van der Waals surface area (Å²) in [6, 6.07) is 12.6. The fourth-order valence-corrected chi connectivity index (χ4v) is 3.56. The van der Waals surface area contributed by atoms with Gasteiger partial charge in [-0.15, -0.1) is 0 Å². The Balaban J connectivity index is 1.36. The van der Waals surface area contributed by atoms with E-state index in [1.54, 1.807) is 0 Å². The zero-order chi connectivity index (χ0) is 15.5. The van der Waals surface area contributed by atoms with E-state index >= 15 is 0 Å². The van der Waals surface area contributed by atoms with E-state index in [1.165, 1.54) is 6.42 Å². The third kappa shape index (κ3) is 3.29. The maximum absolute atomic E-state index is 6.14. The Morgan fingerprint density at radius 3 is 2.57 bits per heavy atom. The highest BCUT2D eigenvalue weighted by Crippen LogP contribution is 2.25. The third-order valence-corrected chi connectivity index (χ3v) is 4.75. The lowest BCUT2D eigenvalue weighted by molar-refractivity contribution is 0.0430. The van der Waals surface area contributed by atoms with Crippen molar-refractivity contribution in [3.8, 4) is 5.75 Å². The number of ether oxygens (including phenoxy) is 1. The summed E-state index contributed by atoms with van der Waals surface area (Å²) in [5, 5.41) is 0. The van der Waals surface area contributed by atoms with E-state index in [0.717, 1.165) is 44.3 Å². The average molecular weight is 310 g/mol. The molecule has 0 spiro atoms. The van der Waals surface area contributed by atoms with E-state index in [2.05, 4.69) is 19.8 Å². The van der Waals surface area contributed by atoms with Crippen molar-refractivity contribution < 1.29 is 4.74 Å². The molecule has 0 amide bonds. The first-order valence-corrected chi connectivity index (χ1v) is 8.36. The summed E-state index contributed by atoms with van der Waals surface area (Å²) in [7, 11) is 0. The van der Waals surface area contributed by atoms with Gasteiger partial charge in [-0.3, -0.25) is 4.90 Å². The Hall–Kier alpha value is -2.14. The number of hydrogen-bond acceptors (Lipinski definition) is 5. The molecule has 120 valence electrons. The van der Waals surface area contributed by atoms with Crippen molar-refractivity contribution >= 4 is 5.95 Å². The normalized spacial score (nSPS) is 25.0. The summed E-state index contributed by atoms with van der Waals surface area (Å²) in [5.41, 5.74) is 0. The molecule has 4 rings (SSSR count). The summed E-state index contributed by atoms with van der Waals surface area (Å²) in [4.78, 5) is 13.6. The largest absolute Gasteiger partial charge is 0.489 e. The Morgan fingerprint density at radius 1 is 0.913 bits per heavy atom. The van der Waals surface area contributed by atoms with E-state index in [4.69, 9.17) is 4.74 Å². The minimum absolute atomic E-state index is 0.299. The highest BCUT2D eigenvalue weighted by molar-refractivity contribution is 5.30. The quantitative estimate of drug-likeness (QED) is 0.869. The first-order valence-electron chi connectivity index (χ1n) is 8.36. The summed E-state index contributed by atoms with van der Waals surface area (Å²) in [6.45, 7) is 4.07. The van der Waals surface area contributed by atoms with Crippen LogP contribution in [0.1, 0.15) is 12.8 Å². The van der Waals surface area contributed by atoms with Crippen molar-refractivity contribution in [2.45, 2.75) is 25.0 Å². The van der Waals surface area contributed by atoms with Gasteiger partial charge in [0, 0.05) is 44.6 Å². The highest BCUT2D eigenvalue weighted by Gasteiger charge is 2.34.